The van der Waals surface area contributed by atoms with Gasteiger partial charge in [-0.1, -0.05) is 39.3 Å². The van der Waals surface area contributed by atoms with Crippen molar-refractivity contribution in [2.24, 2.45) is 45.3 Å². The highest BCUT2D eigenvalue weighted by atomic mass is 16.8. The summed E-state index contributed by atoms with van der Waals surface area (Å²) in [5.74, 6) is 0.126. The fraction of sp³-hybridized carbons (Fsp3) is 0.963. The monoisotopic (exact) mass is 1090 g/mol. The molecule has 0 spiro atoms. The number of aliphatic hydroxyl groups excluding tert-OH is 14. The van der Waals surface area contributed by atoms with Crippen LogP contribution in [0.5, 0.6) is 0 Å². The van der Waals surface area contributed by atoms with Crippen LogP contribution in [0.1, 0.15) is 120 Å². The van der Waals surface area contributed by atoms with E-state index in [-0.39, 0.29) is 41.1 Å². The van der Waals surface area contributed by atoms with Gasteiger partial charge in [0.2, 0.25) is 0 Å². The lowest BCUT2D eigenvalue weighted by molar-refractivity contribution is -0.379. The molecule has 0 bridgehead atoms. The lowest BCUT2D eigenvalue weighted by Gasteiger charge is -2.70. The maximum Gasteiger partial charge on any atom is 0.187 e. The molecule has 14 N–H and O–H groups in total. The van der Waals surface area contributed by atoms with E-state index in [2.05, 4.69) is 33.8 Å². The quantitative estimate of drug-likeness (QED) is 0.0639. The second-order valence-electron chi connectivity index (χ2n) is 25.5. The third-order valence-corrected chi connectivity index (χ3v) is 20.9. The largest absolute Gasteiger partial charge is 0.396 e. The van der Waals surface area contributed by atoms with E-state index in [1.54, 1.807) is 0 Å². The summed E-state index contributed by atoms with van der Waals surface area (Å²) in [4.78, 5) is 0. The van der Waals surface area contributed by atoms with Crippen molar-refractivity contribution >= 4 is 0 Å². The molecule has 0 aromatic heterocycles. The highest BCUT2D eigenvalue weighted by Gasteiger charge is 2.71. The highest BCUT2D eigenvalue weighted by molar-refractivity contribution is 5.20. The molecule has 4 aliphatic heterocycles. The van der Waals surface area contributed by atoms with Crippen molar-refractivity contribution in [2.75, 3.05) is 26.4 Å². The molecule has 29 atom stereocenters. The average Bonchev–Trinajstić information content (AvgIpc) is 3.90. The van der Waals surface area contributed by atoms with E-state index in [9.17, 15) is 71.5 Å². The van der Waals surface area contributed by atoms with Gasteiger partial charge in [-0.15, -0.1) is 0 Å². The first-order valence-corrected chi connectivity index (χ1v) is 27.8. The normalized spacial score (nSPS) is 52.2. The number of fused-ring (bicyclic) bond motifs is 5. The summed E-state index contributed by atoms with van der Waals surface area (Å²) in [5, 5.41) is 151. The fourth-order valence-electron chi connectivity index (χ4n) is 16.2. The minimum Gasteiger partial charge on any atom is -0.396 e. The van der Waals surface area contributed by atoms with Gasteiger partial charge in [-0.05, 0) is 132 Å². The second kappa shape index (κ2) is 23.3. The Morgan fingerprint density at radius 1 is 0.566 bits per heavy atom. The van der Waals surface area contributed by atoms with Crippen LogP contribution in [0.2, 0.25) is 0 Å². The predicted molar refractivity (Wildman–Crippen MR) is 265 cm³/mol. The van der Waals surface area contributed by atoms with Gasteiger partial charge in [0.25, 0.3) is 0 Å². The van der Waals surface area contributed by atoms with Gasteiger partial charge in [-0.3, -0.25) is 0 Å². The van der Waals surface area contributed by atoms with Crippen LogP contribution in [-0.2, 0) is 37.9 Å². The van der Waals surface area contributed by atoms with Gasteiger partial charge >= 0.3 is 0 Å². The number of aliphatic hydroxyl groups is 14. The van der Waals surface area contributed by atoms with Crippen LogP contribution in [0.3, 0.4) is 0 Å². The van der Waals surface area contributed by atoms with E-state index in [1.165, 1.54) is 6.92 Å². The third kappa shape index (κ3) is 10.5. The maximum atomic E-state index is 11.9. The van der Waals surface area contributed by atoms with Gasteiger partial charge in [0.1, 0.15) is 91.6 Å². The Balaban J connectivity index is 1.01. The molecule has 8 rings (SSSR count). The van der Waals surface area contributed by atoms with Gasteiger partial charge < -0.3 is 109 Å². The lowest BCUT2D eigenvalue weighted by Crippen LogP contribution is -2.68. The van der Waals surface area contributed by atoms with Crippen LogP contribution in [0, 0.1) is 45.3 Å². The minimum absolute atomic E-state index is 0.0378. The Labute approximate surface area is 445 Å². The number of hydrogen-bond acceptors (Lipinski definition) is 22. The lowest BCUT2D eigenvalue weighted by atomic mass is 9.35. The zero-order valence-corrected chi connectivity index (χ0v) is 45.4. The van der Waals surface area contributed by atoms with Crippen LogP contribution in [0.25, 0.3) is 0 Å². The standard InChI is InChI=1S/C54H92O22/c1-24(2)10-9-16-53(8,76-48-44(68)40(64)37(61)30(73-48)22-69-46-42(66)38(62)34(58)25(3)70-46)27-13-17-51(6)26(27)11-12-32-52(51,7)18-14-31-50(4,5)33(15-19-54(31,32)23-57)74-49-45(41(65)36(60)29(21-56)72-49)75-47-43(67)39(63)35(59)28(20-55)71-47/h10,25-49,55-68H,9,11-23H2,1-8H3/t25-,26+,27-,28+,29+,30+,31-,32-,33-,34-,35+,36+,37+,38+,39-,40-,41-,42+,43+,44+,45+,46+,47-,48-,49-,51+,52+,53-,54+/m0/s1. The van der Waals surface area contributed by atoms with Crippen molar-refractivity contribution in [3.8, 4) is 0 Å². The average molecular weight is 1090 g/mol. The molecule has 0 aromatic carbocycles. The van der Waals surface area contributed by atoms with E-state index < -0.39 is 165 Å². The van der Waals surface area contributed by atoms with Gasteiger partial charge in [-0.2, -0.15) is 0 Å². The summed E-state index contributed by atoms with van der Waals surface area (Å²) in [6.07, 6.45) is -21.5. The Bertz CT molecular complexity index is 1960. The van der Waals surface area contributed by atoms with Crippen LogP contribution in [0.15, 0.2) is 11.6 Å². The molecule has 8 aliphatic rings. The van der Waals surface area contributed by atoms with E-state index in [1.807, 2.05) is 20.8 Å². The van der Waals surface area contributed by atoms with Gasteiger partial charge in [0, 0.05) is 12.0 Å². The van der Waals surface area contributed by atoms with Crippen LogP contribution in [0.4, 0.5) is 0 Å². The van der Waals surface area contributed by atoms with Crippen molar-refractivity contribution in [1.29, 1.82) is 0 Å². The van der Waals surface area contributed by atoms with E-state index in [0.717, 1.165) is 44.1 Å². The van der Waals surface area contributed by atoms with Crippen LogP contribution >= 0.6 is 0 Å². The molecule has 4 heterocycles. The Kier molecular flexibility index (Phi) is 18.6. The second-order valence-corrected chi connectivity index (χ2v) is 25.5. The molecule has 0 unspecified atom stereocenters. The molecular weight excluding hydrogens is 1000 g/mol. The fourth-order valence-corrected chi connectivity index (χ4v) is 16.2. The Morgan fingerprint density at radius 2 is 1.13 bits per heavy atom. The van der Waals surface area contributed by atoms with E-state index >= 15 is 0 Å². The van der Waals surface area contributed by atoms with Crippen molar-refractivity contribution in [3.05, 3.63) is 11.6 Å². The number of hydrogen-bond donors (Lipinski definition) is 14. The zero-order valence-electron chi connectivity index (χ0n) is 45.4. The smallest absolute Gasteiger partial charge is 0.187 e. The van der Waals surface area contributed by atoms with Crippen molar-refractivity contribution in [1.82, 2.24) is 0 Å². The van der Waals surface area contributed by atoms with Crippen molar-refractivity contribution < 1.29 is 109 Å². The van der Waals surface area contributed by atoms with Crippen LogP contribution in [-0.4, -0.2) is 232 Å². The predicted octanol–water partition coefficient (Wildman–Crippen LogP) is -1.17. The summed E-state index contributed by atoms with van der Waals surface area (Å²) >= 11 is 0. The molecule has 76 heavy (non-hydrogen) atoms. The Morgan fingerprint density at radius 3 is 1.76 bits per heavy atom. The molecule has 4 aliphatic carbocycles. The SMILES string of the molecule is CC(C)=CCC[C@](C)(O[C@@H]1O[C@H](CO[C@@H]2O[C@@H](C)[C@H](O)[C@@H](O)[C@H]2O)[C@@H](O)[C@H](O)[C@H]1O)[C@H]1CC[C@]2(C)[C@@H]1CC[C@@H]1[C@@]3(CO)CC[C@H](O[C@@H]4O[C@H](CO)[C@@H](O)[C@H](O)[C@H]4O[C@@H]4O[C@H](CO)[C@@H](O)[C@H](O)[C@H]4O)C(C)(C)[C@@H]3CC[C@]12C. The Hall–Kier alpha value is -1.14. The molecule has 440 valence electrons. The van der Waals surface area contributed by atoms with Crippen molar-refractivity contribution in [3.63, 3.8) is 0 Å². The molecule has 22 heteroatoms. The summed E-state index contributed by atoms with van der Waals surface area (Å²) < 4.78 is 49.2. The summed E-state index contributed by atoms with van der Waals surface area (Å²) in [6.45, 7) is 14.7. The molecule has 22 nitrogen and oxygen atoms in total. The molecular formula is C54H92O22. The summed E-state index contributed by atoms with van der Waals surface area (Å²) in [6, 6.07) is 0. The molecule has 4 saturated carbocycles. The number of ether oxygens (including phenoxy) is 8. The first-order chi connectivity index (χ1) is 35.7. The molecule has 8 fully saturated rings. The molecule has 0 radical (unpaired) electrons. The van der Waals surface area contributed by atoms with Gasteiger partial charge in [0.05, 0.1) is 37.6 Å². The maximum absolute atomic E-state index is 11.9. The first kappa shape index (κ1) is 60.9. The molecule has 4 saturated heterocycles. The third-order valence-electron chi connectivity index (χ3n) is 20.9. The van der Waals surface area contributed by atoms with Crippen LogP contribution < -0.4 is 0 Å². The van der Waals surface area contributed by atoms with E-state index in [4.69, 9.17) is 37.9 Å². The summed E-state index contributed by atoms with van der Waals surface area (Å²) in [5.41, 5.74) is -1.43. The van der Waals surface area contributed by atoms with Gasteiger partial charge in [0.15, 0.2) is 25.2 Å². The van der Waals surface area contributed by atoms with E-state index in [0.29, 0.717) is 25.7 Å². The van der Waals surface area contributed by atoms with Crippen molar-refractivity contribution in [2.45, 2.75) is 254 Å². The summed E-state index contributed by atoms with van der Waals surface area (Å²) in [7, 11) is 0. The van der Waals surface area contributed by atoms with Gasteiger partial charge in [-0.25, -0.2) is 0 Å². The first-order valence-electron chi connectivity index (χ1n) is 27.8. The molecule has 0 amide bonds. The minimum atomic E-state index is -1.82. The highest BCUT2D eigenvalue weighted by Crippen LogP contribution is 2.76. The topological polar surface area (TPSA) is 357 Å². The molecule has 0 aromatic rings. The number of rotatable bonds is 16. The zero-order chi connectivity index (χ0) is 55.8. The number of allylic oxidation sites excluding steroid dienone is 2.